The number of nitrogens with two attached hydrogens (primary N) is 1. The summed E-state index contributed by atoms with van der Waals surface area (Å²) in [6, 6.07) is 4.99. The van der Waals surface area contributed by atoms with E-state index < -0.39 is 11.7 Å². The van der Waals surface area contributed by atoms with Gasteiger partial charge in [0.1, 0.15) is 0 Å². The van der Waals surface area contributed by atoms with E-state index in [-0.39, 0.29) is 6.04 Å². The number of rotatable bonds is 5. The topological polar surface area (TPSA) is 26.0 Å². The Morgan fingerprint density at radius 1 is 1.17 bits per heavy atom. The van der Waals surface area contributed by atoms with Crippen molar-refractivity contribution < 1.29 is 13.2 Å². The highest BCUT2D eigenvalue weighted by molar-refractivity contribution is 5.27. The molecular weight excluding hydrogens is 239 g/mol. The number of benzene rings is 1. The lowest BCUT2D eigenvalue weighted by atomic mass is 9.97. The molecule has 0 saturated heterocycles. The monoisotopic (exact) mass is 259 g/mol. The van der Waals surface area contributed by atoms with Gasteiger partial charge in [0.2, 0.25) is 0 Å². The molecule has 1 atom stereocenters. The molecule has 4 heteroatoms. The fourth-order valence-corrected chi connectivity index (χ4v) is 1.86. The molecule has 1 rings (SSSR count). The van der Waals surface area contributed by atoms with Gasteiger partial charge in [-0.2, -0.15) is 13.2 Å². The standard InChI is InChI=1S/C14H20F3N/c1-10(2)5-3-8-13(18)11-6-4-7-12(9-11)14(15,16)17/h4,6-7,9-10,13H,3,5,8,18H2,1-2H3. The van der Waals surface area contributed by atoms with Crippen LogP contribution in [0.25, 0.3) is 0 Å². The lowest BCUT2D eigenvalue weighted by molar-refractivity contribution is -0.137. The Balaban J connectivity index is 2.66. The van der Waals surface area contributed by atoms with Crippen molar-refractivity contribution in [2.45, 2.75) is 45.3 Å². The molecule has 0 radical (unpaired) electrons. The Morgan fingerprint density at radius 3 is 2.39 bits per heavy atom. The van der Waals surface area contributed by atoms with Gasteiger partial charge in [0.15, 0.2) is 0 Å². The van der Waals surface area contributed by atoms with Gasteiger partial charge in [-0.3, -0.25) is 0 Å². The summed E-state index contributed by atoms with van der Waals surface area (Å²) in [4.78, 5) is 0. The van der Waals surface area contributed by atoms with Gasteiger partial charge in [-0.1, -0.05) is 38.8 Å². The summed E-state index contributed by atoms with van der Waals surface area (Å²) in [5.74, 6) is 0.596. The van der Waals surface area contributed by atoms with Gasteiger partial charge in [0, 0.05) is 6.04 Å². The summed E-state index contributed by atoms with van der Waals surface area (Å²) in [6.45, 7) is 4.24. The smallest absolute Gasteiger partial charge is 0.324 e. The molecule has 0 bridgehead atoms. The second-order valence-corrected chi connectivity index (χ2v) is 5.05. The molecule has 18 heavy (non-hydrogen) atoms. The van der Waals surface area contributed by atoms with Crippen molar-refractivity contribution in [2.75, 3.05) is 0 Å². The first-order valence-electron chi connectivity index (χ1n) is 6.23. The van der Waals surface area contributed by atoms with Gasteiger partial charge in [-0.25, -0.2) is 0 Å². The minimum atomic E-state index is -4.30. The second kappa shape index (κ2) is 6.23. The minimum Gasteiger partial charge on any atom is -0.324 e. The number of hydrogen-bond acceptors (Lipinski definition) is 1. The van der Waals surface area contributed by atoms with E-state index in [2.05, 4.69) is 13.8 Å². The summed E-state index contributed by atoms with van der Waals surface area (Å²) in [5.41, 5.74) is 5.86. The molecule has 0 spiro atoms. The maximum atomic E-state index is 12.5. The molecule has 0 saturated carbocycles. The predicted molar refractivity (Wildman–Crippen MR) is 67.1 cm³/mol. The van der Waals surface area contributed by atoms with E-state index in [9.17, 15) is 13.2 Å². The van der Waals surface area contributed by atoms with Crippen molar-refractivity contribution in [3.8, 4) is 0 Å². The van der Waals surface area contributed by atoms with Gasteiger partial charge >= 0.3 is 6.18 Å². The van der Waals surface area contributed by atoms with Gasteiger partial charge in [0.05, 0.1) is 5.56 Å². The molecule has 1 aromatic carbocycles. The summed E-state index contributed by atoms with van der Waals surface area (Å²) < 4.78 is 37.6. The zero-order valence-electron chi connectivity index (χ0n) is 10.8. The SMILES string of the molecule is CC(C)CCCC(N)c1cccc(C(F)(F)F)c1. The Hall–Kier alpha value is -1.03. The average Bonchev–Trinajstić information content (AvgIpc) is 2.27. The Kier molecular flexibility index (Phi) is 5.20. The van der Waals surface area contributed by atoms with E-state index in [0.717, 1.165) is 31.4 Å². The highest BCUT2D eigenvalue weighted by Gasteiger charge is 2.30. The largest absolute Gasteiger partial charge is 0.416 e. The zero-order chi connectivity index (χ0) is 13.8. The molecule has 0 heterocycles. The maximum absolute atomic E-state index is 12.5. The molecule has 2 N–H and O–H groups in total. The van der Waals surface area contributed by atoms with Crippen LogP contribution in [-0.2, 0) is 6.18 Å². The first kappa shape index (κ1) is 15.0. The summed E-state index contributed by atoms with van der Waals surface area (Å²) in [5, 5.41) is 0. The molecule has 0 fully saturated rings. The average molecular weight is 259 g/mol. The fourth-order valence-electron chi connectivity index (χ4n) is 1.86. The summed E-state index contributed by atoms with van der Waals surface area (Å²) in [7, 11) is 0. The Bertz CT molecular complexity index is 372. The second-order valence-electron chi connectivity index (χ2n) is 5.05. The maximum Gasteiger partial charge on any atom is 0.416 e. The summed E-state index contributed by atoms with van der Waals surface area (Å²) >= 11 is 0. The van der Waals surface area contributed by atoms with Crippen molar-refractivity contribution in [2.24, 2.45) is 11.7 Å². The van der Waals surface area contributed by atoms with Gasteiger partial charge in [0.25, 0.3) is 0 Å². The van der Waals surface area contributed by atoms with Crippen LogP contribution >= 0.6 is 0 Å². The minimum absolute atomic E-state index is 0.314. The predicted octanol–water partition coefficient (Wildman–Crippen LogP) is 4.53. The van der Waals surface area contributed by atoms with Crippen LogP contribution < -0.4 is 5.73 Å². The van der Waals surface area contributed by atoms with Gasteiger partial charge < -0.3 is 5.73 Å². The van der Waals surface area contributed by atoms with Crippen LogP contribution in [0.2, 0.25) is 0 Å². The van der Waals surface area contributed by atoms with Gasteiger partial charge in [-0.05, 0) is 30.0 Å². The molecule has 1 aromatic rings. The first-order valence-corrected chi connectivity index (χ1v) is 6.23. The molecular formula is C14H20F3N. The van der Waals surface area contributed by atoms with Crippen LogP contribution in [0, 0.1) is 5.92 Å². The third kappa shape index (κ3) is 4.69. The Labute approximate surface area is 106 Å². The molecule has 0 aliphatic heterocycles. The normalized spacial score (nSPS) is 13.9. The number of alkyl halides is 3. The van der Waals surface area contributed by atoms with Crippen LogP contribution in [0.1, 0.15) is 50.3 Å². The quantitative estimate of drug-likeness (QED) is 0.826. The van der Waals surface area contributed by atoms with Crippen LogP contribution in [0.15, 0.2) is 24.3 Å². The molecule has 0 aliphatic rings. The van der Waals surface area contributed by atoms with Crippen LogP contribution in [0.4, 0.5) is 13.2 Å². The van der Waals surface area contributed by atoms with Crippen molar-refractivity contribution in [3.63, 3.8) is 0 Å². The third-order valence-electron chi connectivity index (χ3n) is 2.94. The van der Waals surface area contributed by atoms with Gasteiger partial charge in [-0.15, -0.1) is 0 Å². The van der Waals surface area contributed by atoms with E-state index in [0.29, 0.717) is 11.5 Å². The molecule has 0 aromatic heterocycles. The highest BCUT2D eigenvalue weighted by atomic mass is 19.4. The molecule has 102 valence electrons. The molecule has 1 unspecified atom stereocenters. The van der Waals surface area contributed by atoms with Crippen LogP contribution in [-0.4, -0.2) is 0 Å². The lowest BCUT2D eigenvalue weighted by Crippen LogP contribution is -2.12. The molecule has 0 amide bonds. The highest BCUT2D eigenvalue weighted by Crippen LogP contribution is 2.31. The first-order chi connectivity index (χ1) is 8.30. The van der Waals surface area contributed by atoms with Crippen molar-refractivity contribution >= 4 is 0 Å². The number of hydrogen-bond donors (Lipinski definition) is 1. The van der Waals surface area contributed by atoms with E-state index >= 15 is 0 Å². The van der Waals surface area contributed by atoms with Crippen molar-refractivity contribution in [1.29, 1.82) is 0 Å². The van der Waals surface area contributed by atoms with E-state index in [1.165, 1.54) is 6.07 Å². The lowest BCUT2D eigenvalue weighted by Gasteiger charge is -2.15. The zero-order valence-corrected chi connectivity index (χ0v) is 10.8. The van der Waals surface area contributed by atoms with E-state index in [1.807, 2.05) is 0 Å². The number of halogens is 3. The van der Waals surface area contributed by atoms with Crippen molar-refractivity contribution in [3.05, 3.63) is 35.4 Å². The Morgan fingerprint density at radius 2 is 1.83 bits per heavy atom. The molecule has 1 nitrogen and oxygen atoms in total. The van der Waals surface area contributed by atoms with Crippen LogP contribution in [0.3, 0.4) is 0 Å². The van der Waals surface area contributed by atoms with E-state index in [4.69, 9.17) is 5.73 Å². The van der Waals surface area contributed by atoms with E-state index in [1.54, 1.807) is 6.07 Å². The third-order valence-corrected chi connectivity index (χ3v) is 2.94. The molecule has 0 aliphatic carbocycles. The summed E-state index contributed by atoms with van der Waals surface area (Å²) in [6.07, 6.45) is -1.59. The van der Waals surface area contributed by atoms with Crippen LogP contribution in [0.5, 0.6) is 0 Å². The fraction of sp³-hybridized carbons (Fsp3) is 0.571. The van der Waals surface area contributed by atoms with Crippen molar-refractivity contribution in [1.82, 2.24) is 0 Å².